The van der Waals surface area contributed by atoms with E-state index >= 15 is 0 Å². The molecule has 24 heavy (non-hydrogen) atoms. The van der Waals surface area contributed by atoms with Gasteiger partial charge >= 0.3 is 139 Å². The number of benzene rings is 2. The summed E-state index contributed by atoms with van der Waals surface area (Å²) in [6.45, 7) is 4.33. The van der Waals surface area contributed by atoms with Gasteiger partial charge in [0.15, 0.2) is 0 Å². The predicted molar refractivity (Wildman–Crippen MR) is 85.2 cm³/mol. The van der Waals surface area contributed by atoms with E-state index in [9.17, 15) is 0 Å². The second kappa shape index (κ2) is 9.85. The quantitative estimate of drug-likeness (QED) is 0.454. The molecular weight excluding hydrogens is 394 g/mol. The fourth-order valence-corrected chi connectivity index (χ4v) is 3.94. The molecule has 2 aromatic carbocycles. The Morgan fingerprint density at radius 2 is 1.17 bits per heavy atom. The van der Waals surface area contributed by atoms with E-state index in [0.717, 1.165) is 0 Å². The first-order valence-corrected chi connectivity index (χ1v) is 8.12. The van der Waals surface area contributed by atoms with Crippen LogP contribution in [0.3, 0.4) is 0 Å². The maximum absolute atomic E-state index is 2.32. The molecule has 0 aromatic heterocycles. The van der Waals surface area contributed by atoms with Crippen LogP contribution in [0.4, 0.5) is 0 Å². The molecule has 0 nitrogen and oxygen atoms in total. The third-order valence-corrected chi connectivity index (χ3v) is 5.06. The topological polar surface area (TPSA) is 0 Å². The van der Waals surface area contributed by atoms with E-state index in [1.54, 1.807) is 0 Å². The van der Waals surface area contributed by atoms with E-state index in [2.05, 4.69) is 107 Å². The number of hydrogen-bond acceptors (Lipinski definition) is 0. The van der Waals surface area contributed by atoms with E-state index in [4.69, 9.17) is 0 Å². The number of halogens is 3. The standard InChI is InChI=1S/C20H19.3ClH.Ti/c1-15-7-5-11-18(13-15)20(17-9-3-4-10-17)19-12-6-8-16(2)14-19;;;;/h3-14,20H,1-2H3;3*1H;/q;;;;+3/p-3. The van der Waals surface area contributed by atoms with Crippen LogP contribution in [0.5, 0.6) is 0 Å². The largest absolute Gasteiger partial charge is 1.00 e. The van der Waals surface area contributed by atoms with Crippen LogP contribution < -0.4 is 37.2 Å². The van der Waals surface area contributed by atoms with Crippen LogP contribution in [0.1, 0.15) is 28.2 Å². The first-order valence-electron chi connectivity index (χ1n) is 7.34. The first-order chi connectivity index (χ1) is 10.1. The van der Waals surface area contributed by atoms with Gasteiger partial charge in [-0.2, -0.15) is 0 Å². The van der Waals surface area contributed by atoms with Gasteiger partial charge in [0.2, 0.25) is 0 Å². The van der Waals surface area contributed by atoms with Crippen molar-refractivity contribution in [2.24, 2.45) is 0 Å². The van der Waals surface area contributed by atoms with Gasteiger partial charge in [-0.05, 0) is 0 Å². The number of rotatable bonds is 3. The number of allylic oxidation sites excluding steroid dienone is 4. The maximum atomic E-state index is 2.32. The van der Waals surface area contributed by atoms with E-state index in [0.29, 0.717) is 5.92 Å². The van der Waals surface area contributed by atoms with Crippen molar-refractivity contribution in [3.8, 4) is 0 Å². The molecule has 1 aliphatic rings. The van der Waals surface area contributed by atoms with E-state index in [1.807, 2.05) is 0 Å². The van der Waals surface area contributed by atoms with Crippen molar-refractivity contribution in [1.29, 1.82) is 0 Å². The molecule has 0 spiro atoms. The molecule has 124 valence electrons. The molecule has 1 aliphatic carbocycles. The summed E-state index contributed by atoms with van der Waals surface area (Å²) >= 11 is 2.32. The molecule has 0 atom stereocenters. The maximum Gasteiger partial charge on any atom is -1.00 e. The average molecular weight is 414 g/mol. The molecule has 0 bridgehead atoms. The molecule has 0 heterocycles. The van der Waals surface area contributed by atoms with Gasteiger partial charge < -0.3 is 37.2 Å². The van der Waals surface area contributed by atoms with Crippen LogP contribution in [0.2, 0.25) is 3.72 Å². The van der Waals surface area contributed by atoms with Crippen molar-refractivity contribution in [1.82, 2.24) is 0 Å². The summed E-state index contributed by atoms with van der Waals surface area (Å²) in [5.41, 5.74) is 5.41. The Balaban J connectivity index is 0.00000176. The summed E-state index contributed by atoms with van der Waals surface area (Å²) in [6, 6.07) is 17.8. The summed E-state index contributed by atoms with van der Waals surface area (Å²) in [7, 11) is 0. The zero-order valence-corrected chi connectivity index (χ0v) is 17.5. The Kier molecular flexibility index (Phi) is 9.65. The fraction of sp³-hybridized carbons (Fsp3) is 0.200. The van der Waals surface area contributed by atoms with Gasteiger partial charge in [-0.25, -0.2) is 0 Å². The van der Waals surface area contributed by atoms with Crippen molar-refractivity contribution >= 4 is 0 Å². The fourth-order valence-electron chi connectivity index (χ4n) is 3.12. The Morgan fingerprint density at radius 1 is 0.750 bits per heavy atom. The number of hydrogen-bond donors (Lipinski definition) is 0. The van der Waals surface area contributed by atoms with Crippen molar-refractivity contribution in [3.05, 3.63) is 95.1 Å². The van der Waals surface area contributed by atoms with Gasteiger partial charge in [0.1, 0.15) is 0 Å². The molecule has 0 fully saturated rings. The SMILES string of the molecule is Cc1cccc(C(c2cccc(C)c2)[C]2([Ti+3])C=CC=C2)c1.[Cl-].[Cl-].[Cl-]. The van der Waals surface area contributed by atoms with Crippen LogP contribution in [0.15, 0.2) is 72.8 Å². The molecule has 3 rings (SSSR count). The minimum absolute atomic E-state index is 0. The Morgan fingerprint density at radius 3 is 1.54 bits per heavy atom. The Bertz CT molecular complexity index is 665. The monoisotopic (exact) mass is 412 g/mol. The summed E-state index contributed by atoms with van der Waals surface area (Å²) < 4.78 is 0.0432. The van der Waals surface area contributed by atoms with Gasteiger partial charge in [0.05, 0.1) is 0 Å². The third-order valence-electron chi connectivity index (χ3n) is 4.08. The summed E-state index contributed by atoms with van der Waals surface area (Å²) in [6.07, 6.45) is 8.97. The molecule has 0 saturated heterocycles. The molecule has 0 amide bonds. The zero-order valence-electron chi connectivity index (χ0n) is 13.6. The summed E-state index contributed by atoms with van der Waals surface area (Å²) in [4.78, 5) is 0. The average Bonchev–Trinajstić information content (AvgIpc) is 2.86. The van der Waals surface area contributed by atoms with Gasteiger partial charge in [0, 0.05) is 0 Å². The van der Waals surface area contributed by atoms with Gasteiger partial charge in [-0.1, -0.05) is 0 Å². The van der Waals surface area contributed by atoms with Crippen molar-refractivity contribution in [3.63, 3.8) is 0 Å². The molecule has 0 N–H and O–H groups in total. The van der Waals surface area contributed by atoms with Crippen molar-refractivity contribution in [2.75, 3.05) is 0 Å². The predicted octanol–water partition coefficient (Wildman–Crippen LogP) is -3.72. The van der Waals surface area contributed by atoms with Crippen LogP contribution >= 0.6 is 0 Å². The van der Waals surface area contributed by atoms with Crippen LogP contribution in [0, 0.1) is 13.8 Å². The zero-order chi connectivity index (χ0) is 14.9. The van der Waals surface area contributed by atoms with E-state index in [1.165, 1.54) is 22.3 Å². The van der Waals surface area contributed by atoms with Crippen LogP contribution in [-0.4, -0.2) is 0 Å². The first kappa shape index (κ1) is 23.5. The molecule has 0 radical (unpaired) electrons. The van der Waals surface area contributed by atoms with Gasteiger partial charge in [-0.15, -0.1) is 0 Å². The normalized spacial score (nSPS) is 13.9. The molecule has 4 heteroatoms. The third kappa shape index (κ3) is 5.00. The summed E-state index contributed by atoms with van der Waals surface area (Å²) in [5, 5.41) is 0. The minimum Gasteiger partial charge on any atom is -1.00 e. The van der Waals surface area contributed by atoms with Crippen LogP contribution in [-0.2, 0) is 20.4 Å². The van der Waals surface area contributed by atoms with Crippen molar-refractivity contribution in [2.45, 2.75) is 23.5 Å². The van der Waals surface area contributed by atoms with Gasteiger partial charge in [0.25, 0.3) is 0 Å². The molecule has 0 saturated carbocycles. The smallest absolute Gasteiger partial charge is 1.00 e. The Labute approximate surface area is 175 Å². The van der Waals surface area contributed by atoms with Crippen LogP contribution in [0.25, 0.3) is 0 Å². The number of aryl methyl sites for hydroxylation is 2. The molecule has 0 aliphatic heterocycles. The van der Waals surface area contributed by atoms with Gasteiger partial charge in [-0.3, -0.25) is 0 Å². The molecular formula is C20H19Cl3Ti. The minimum atomic E-state index is 0. The second-order valence-corrected chi connectivity index (χ2v) is 7.26. The molecule has 0 unspecified atom stereocenters. The van der Waals surface area contributed by atoms with Crippen molar-refractivity contribution < 1.29 is 57.7 Å². The van der Waals surface area contributed by atoms with E-state index in [-0.39, 0.29) is 40.9 Å². The second-order valence-electron chi connectivity index (χ2n) is 5.91. The summed E-state index contributed by atoms with van der Waals surface area (Å²) in [5.74, 6) is 0.354. The van der Waals surface area contributed by atoms with E-state index < -0.39 is 0 Å². The Hall–Kier alpha value is -0.496. The molecule has 2 aromatic rings.